The van der Waals surface area contributed by atoms with Crippen molar-refractivity contribution in [2.75, 3.05) is 27.3 Å². The van der Waals surface area contributed by atoms with Gasteiger partial charge in [0.15, 0.2) is 0 Å². The molecular weight excluding hydrogens is 162 g/mol. The van der Waals surface area contributed by atoms with Crippen molar-refractivity contribution in [3.63, 3.8) is 0 Å². The first kappa shape index (κ1) is 11.0. The van der Waals surface area contributed by atoms with Crippen molar-refractivity contribution in [1.82, 2.24) is 5.32 Å². The summed E-state index contributed by atoms with van der Waals surface area (Å²) in [6, 6.07) is 0. The highest BCUT2D eigenvalue weighted by molar-refractivity contribution is 4.82. The Balaban J connectivity index is 2.37. The van der Waals surface area contributed by atoms with Crippen LogP contribution in [0.25, 0.3) is 0 Å². The third-order valence-corrected chi connectivity index (χ3v) is 3.34. The molecule has 1 saturated carbocycles. The van der Waals surface area contributed by atoms with Crippen LogP contribution in [0.1, 0.15) is 26.2 Å². The van der Waals surface area contributed by atoms with Crippen LogP contribution in [-0.2, 0) is 4.74 Å². The van der Waals surface area contributed by atoms with Crippen LogP contribution in [0.2, 0.25) is 0 Å². The monoisotopic (exact) mass is 185 g/mol. The van der Waals surface area contributed by atoms with Crippen LogP contribution in [0.3, 0.4) is 0 Å². The zero-order valence-electron chi connectivity index (χ0n) is 9.18. The third kappa shape index (κ3) is 2.96. The molecule has 2 nitrogen and oxygen atoms in total. The summed E-state index contributed by atoms with van der Waals surface area (Å²) < 4.78 is 5.22. The number of nitrogens with one attached hydrogen (secondary N) is 1. The van der Waals surface area contributed by atoms with Gasteiger partial charge in [-0.3, -0.25) is 0 Å². The van der Waals surface area contributed by atoms with Gasteiger partial charge < -0.3 is 10.1 Å². The number of rotatable bonds is 5. The van der Waals surface area contributed by atoms with E-state index in [0.29, 0.717) is 0 Å². The minimum absolute atomic E-state index is 0.728. The highest BCUT2D eigenvalue weighted by Crippen LogP contribution is 2.36. The van der Waals surface area contributed by atoms with Crippen LogP contribution in [0.15, 0.2) is 0 Å². The first-order chi connectivity index (χ1) is 6.29. The Morgan fingerprint density at radius 3 is 2.85 bits per heavy atom. The number of hydrogen-bond donors (Lipinski definition) is 1. The van der Waals surface area contributed by atoms with Crippen molar-refractivity contribution in [2.24, 2.45) is 17.8 Å². The fourth-order valence-corrected chi connectivity index (χ4v) is 2.72. The largest absolute Gasteiger partial charge is 0.384 e. The molecule has 0 radical (unpaired) electrons. The van der Waals surface area contributed by atoms with Crippen molar-refractivity contribution in [2.45, 2.75) is 26.2 Å². The summed E-state index contributed by atoms with van der Waals surface area (Å²) in [6.07, 6.45) is 4.21. The van der Waals surface area contributed by atoms with Crippen LogP contribution < -0.4 is 5.32 Å². The van der Waals surface area contributed by atoms with Crippen molar-refractivity contribution in [3.8, 4) is 0 Å². The lowest BCUT2D eigenvalue weighted by molar-refractivity contribution is 0.115. The van der Waals surface area contributed by atoms with Gasteiger partial charge in [-0.2, -0.15) is 0 Å². The maximum atomic E-state index is 5.22. The maximum absolute atomic E-state index is 5.22. The van der Waals surface area contributed by atoms with Gasteiger partial charge >= 0.3 is 0 Å². The molecule has 0 amide bonds. The fourth-order valence-electron chi connectivity index (χ4n) is 2.72. The molecule has 1 rings (SSSR count). The van der Waals surface area contributed by atoms with E-state index >= 15 is 0 Å². The summed E-state index contributed by atoms with van der Waals surface area (Å²) in [5, 5.41) is 3.30. The van der Waals surface area contributed by atoms with Crippen LogP contribution >= 0.6 is 0 Å². The summed E-state index contributed by atoms with van der Waals surface area (Å²) >= 11 is 0. The SMILES string of the molecule is CNCC1CCCC1C(C)COC. The van der Waals surface area contributed by atoms with Gasteiger partial charge in [0.1, 0.15) is 0 Å². The van der Waals surface area contributed by atoms with Crippen LogP contribution in [-0.4, -0.2) is 27.3 Å². The van der Waals surface area contributed by atoms with Crippen molar-refractivity contribution < 1.29 is 4.74 Å². The molecule has 0 aromatic carbocycles. The van der Waals surface area contributed by atoms with Gasteiger partial charge in [-0.25, -0.2) is 0 Å². The second-order valence-electron chi connectivity index (χ2n) is 4.35. The molecule has 1 N–H and O–H groups in total. The predicted octanol–water partition coefficient (Wildman–Crippen LogP) is 1.90. The Bertz CT molecular complexity index is 138. The molecule has 0 bridgehead atoms. The summed E-state index contributed by atoms with van der Waals surface area (Å²) in [5.41, 5.74) is 0. The van der Waals surface area contributed by atoms with Gasteiger partial charge in [-0.1, -0.05) is 13.3 Å². The number of hydrogen-bond acceptors (Lipinski definition) is 2. The highest BCUT2D eigenvalue weighted by atomic mass is 16.5. The van der Waals surface area contributed by atoms with Crippen molar-refractivity contribution >= 4 is 0 Å². The van der Waals surface area contributed by atoms with Gasteiger partial charge in [-0.15, -0.1) is 0 Å². The fraction of sp³-hybridized carbons (Fsp3) is 1.00. The van der Waals surface area contributed by atoms with E-state index in [1.54, 1.807) is 7.11 Å². The second-order valence-corrected chi connectivity index (χ2v) is 4.35. The molecule has 1 fully saturated rings. The third-order valence-electron chi connectivity index (χ3n) is 3.34. The summed E-state index contributed by atoms with van der Waals surface area (Å²) in [5.74, 6) is 2.49. The van der Waals surface area contributed by atoms with E-state index in [1.807, 2.05) is 0 Å². The maximum Gasteiger partial charge on any atom is 0.0490 e. The van der Waals surface area contributed by atoms with E-state index in [9.17, 15) is 0 Å². The Kier molecular flexibility index (Phi) is 4.74. The Morgan fingerprint density at radius 1 is 1.46 bits per heavy atom. The predicted molar refractivity (Wildman–Crippen MR) is 55.8 cm³/mol. The smallest absolute Gasteiger partial charge is 0.0490 e. The molecule has 0 spiro atoms. The highest BCUT2D eigenvalue weighted by Gasteiger charge is 2.30. The Hall–Kier alpha value is -0.0800. The molecule has 1 aliphatic carbocycles. The first-order valence-electron chi connectivity index (χ1n) is 5.43. The number of methoxy groups -OCH3 is 1. The zero-order chi connectivity index (χ0) is 9.68. The number of ether oxygens (including phenoxy) is 1. The van der Waals surface area contributed by atoms with Gasteiger partial charge in [0.2, 0.25) is 0 Å². The second kappa shape index (κ2) is 5.61. The first-order valence-corrected chi connectivity index (χ1v) is 5.43. The summed E-state index contributed by atoms with van der Waals surface area (Å²) in [6.45, 7) is 4.42. The molecule has 3 unspecified atom stereocenters. The van der Waals surface area contributed by atoms with E-state index in [4.69, 9.17) is 4.74 Å². The standard InChI is InChI=1S/C11H23NO/c1-9(8-13-3)11-6-4-5-10(11)7-12-2/h9-12H,4-8H2,1-3H3. The van der Waals surface area contributed by atoms with Crippen molar-refractivity contribution in [3.05, 3.63) is 0 Å². The van der Waals surface area contributed by atoms with Gasteiger partial charge in [0, 0.05) is 13.7 Å². The van der Waals surface area contributed by atoms with Gasteiger partial charge in [0.05, 0.1) is 0 Å². The van der Waals surface area contributed by atoms with E-state index < -0.39 is 0 Å². The minimum atomic E-state index is 0.728. The Morgan fingerprint density at radius 2 is 2.23 bits per heavy atom. The van der Waals surface area contributed by atoms with Crippen molar-refractivity contribution in [1.29, 1.82) is 0 Å². The lowest BCUT2D eigenvalue weighted by Crippen LogP contribution is -2.27. The zero-order valence-corrected chi connectivity index (χ0v) is 9.18. The lowest BCUT2D eigenvalue weighted by atomic mass is 9.85. The minimum Gasteiger partial charge on any atom is -0.384 e. The molecule has 13 heavy (non-hydrogen) atoms. The molecule has 3 atom stereocenters. The van der Waals surface area contributed by atoms with E-state index in [2.05, 4.69) is 19.3 Å². The summed E-state index contributed by atoms with van der Waals surface area (Å²) in [4.78, 5) is 0. The van der Waals surface area contributed by atoms with E-state index in [-0.39, 0.29) is 0 Å². The van der Waals surface area contributed by atoms with Gasteiger partial charge in [0.25, 0.3) is 0 Å². The topological polar surface area (TPSA) is 21.3 Å². The molecule has 0 aliphatic heterocycles. The van der Waals surface area contributed by atoms with Gasteiger partial charge in [-0.05, 0) is 44.2 Å². The normalized spacial score (nSPS) is 30.7. The molecule has 0 aromatic heterocycles. The molecule has 0 saturated heterocycles. The Labute approximate surface area is 82.0 Å². The average molecular weight is 185 g/mol. The molecule has 2 heteroatoms. The molecule has 78 valence electrons. The molecule has 0 aromatic rings. The van der Waals surface area contributed by atoms with Crippen LogP contribution in [0.5, 0.6) is 0 Å². The van der Waals surface area contributed by atoms with E-state index in [1.165, 1.54) is 25.8 Å². The molecule has 1 aliphatic rings. The van der Waals surface area contributed by atoms with Crippen LogP contribution in [0.4, 0.5) is 0 Å². The molecule has 0 heterocycles. The quantitative estimate of drug-likeness (QED) is 0.706. The van der Waals surface area contributed by atoms with E-state index in [0.717, 1.165) is 24.4 Å². The summed E-state index contributed by atoms with van der Waals surface area (Å²) in [7, 11) is 3.86. The lowest BCUT2D eigenvalue weighted by Gasteiger charge is -2.25. The average Bonchev–Trinajstić information content (AvgIpc) is 2.54. The van der Waals surface area contributed by atoms with Crippen LogP contribution in [0, 0.1) is 17.8 Å². The molecular formula is C11H23NO.